The third-order valence-corrected chi connectivity index (χ3v) is 6.50. The number of carbonyl (C=O) groups excluding carboxylic acids is 3. The molecular weight excluding hydrogens is 590 g/mol. The Bertz CT molecular complexity index is 1700. The summed E-state index contributed by atoms with van der Waals surface area (Å²) in [7, 11) is 5.77. The molecule has 0 aromatic heterocycles. The number of hydrogen-bond acceptors (Lipinski definition) is 9. The van der Waals surface area contributed by atoms with Gasteiger partial charge in [-0.3, -0.25) is 9.59 Å². The van der Waals surface area contributed by atoms with Gasteiger partial charge in [-0.05, 0) is 66.2 Å². The number of anilines is 1. The van der Waals surface area contributed by atoms with Crippen LogP contribution in [0.25, 0.3) is 0 Å². The Morgan fingerprint density at radius 1 is 0.705 bits per heavy atom. The van der Waals surface area contributed by atoms with E-state index in [1.807, 2.05) is 0 Å². The summed E-state index contributed by atoms with van der Waals surface area (Å²) in [6, 6.07) is 20.7. The number of hydrogen-bond donors (Lipinski definition) is 2. The molecule has 226 valence electrons. The summed E-state index contributed by atoms with van der Waals surface area (Å²) in [5.41, 5.74) is 4.15. The molecule has 0 radical (unpaired) electrons. The highest BCUT2D eigenvalue weighted by Gasteiger charge is 2.20. The van der Waals surface area contributed by atoms with Crippen LogP contribution in [0.1, 0.15) is 36.6 Å². The van der Waals surface area contributed by atoms with Crippen LogP contribution in [0.4, 0.5) is 5.69 Å². The molecule has 4 aromatic rings. The minimum Gasteiger partial charge on any atom is -0.493 e. The van der Waals surface area contributed by atoms with Crippen molar-refractivity contribution in [1.29, 1.82) is 0 Å². The van der Waals surface area contributed by atoms with Crippen LogP contribution in [-0.4, -0.2) is 52.4 Å². The zero-order valence-electron chi connectivity index (χ0n) is 24.2. The summed E-state index contributed by atoms with van der Waals surface area (Å²) in [4.78, 5) is 38.2. The number of hydrazone groups is 1. The van der Waals surface area contributed by atoms with Crippen LogP contribution >= 0.6 is 11.6 Å². The predicted molar refractivity (Wildman–Crippen MR) is 165 cm³/mol. The fourth-order valence-corrected chi connectivity index (χ4v) is 4.24. The highest BCUT2D eigenvalue weighted by Crippen LogP contribution is 2.39. The number of halogens is 1. The number of carbonyl (C=O) groups is 3. The van der Waals surface area contributed by atoms with Gasteiger partial charge in [-0.25, -0.2) is 10.2 Å². The van der Waals surface area contributed by atoms with Gasteiger partial charge in [0.05, 0.1) is 50.8 Å². The predicted octanol–water partition coefficient (Wildman–Crippen LogP) is 5.61. The quantitative estimate of drug-likeness (QED) is 0.0960. The Morgan fingerprint density at radius 3 is 2.07 bits per heavy atom. The minimum absolute atomic E-state index is 0.156. The molecule has 4 aromatic carbocycles. The maximum absolute atomic E-state index is 12.9. The van der Waals surface area contributed by atoms with E-state index in [0.29, 0.717) is 39.1 Å². The van der Waals surface area contributed by atoms with Crippen molar-refractivity contribution in [2.75, 3.05) is 33.8 Å². The van der Waals surface area contributed by atoms with Crippen molar-refractivity contribution in [3.05, 3.63) is 106 Å². The number of esters is 1. The van der Waals surface area contributed by atoms with Gasteiger partial charge in [0.25, 0.3) is 11.8 Å². The molecule has 0 aliphatic heterocycles. The van der Waals surface area contributed by atoms with Crippen LogP contribution in [0.5, 0.6) is 28.7 Å². The maximum atomic E-state index is 12.9. The van der Waals surface area contributed by atoms with E-state index in [2.05, 4.69) is 15.8 Å². The monoisotopic (exact) mass is 617 g/mol. The highest BCUT2D eigenvalue weighted by molar-refractivity contribution is 6.34. The first kappa shape index (κ1) is 31.4. The molecule has 0 bridgehead atoms. The molecule has 2 amide bonds. The van der Waals surface area contributed by atoms with E-state index < -0.39 is 17.8 Å². The van der Waals surface area contributed by atoms with Gasteiger partial charge >= 0.3 is 5.97 Å². The lowest BCUT2D eigenvalue weighted by Crippen LogP contribution is -2.18. The van der Waals surface area contributed by atoms with E-state index in [9.17, 15) is 14.4 Å². The Kier molecular flexibility index (Phi) is 10.4. The molecular formula is C32H28ClN3O8. The van der Waals surface area contributed by atoms with Crippen molar-refractivity contribution in [1.82, 2.24) is 5.43 Å². The van der Waals surface area contributed by atoms with Crippen LogP contribution in [0, 0.1) is 0 Å². The van der Waals surface area contributed by atoms with Crippen LogP contribution in [0.3, 0.4) is 0 Å². The first-order chi connectivity index (χ1) is 21.3. The molecule has 11 nitrogen and oxygen atoms in total. The van der Waals surface area contributed by atoms with Crippen molar-refractivity contribution >= 4 is 41.3 Å². The average molecular weight is 618 g/mol. The lowest BCUT2D eigenvalue weighted by Gasteiger charge is -2.14. The number of ether oxygens (including phenoxy) is 5. The van der Waals surface area contributed by atoms with Crippen LogP contribution in [0.2, 0.25) is 5.02 Å². The Morgan fingerprint density at radius 2 is 1.41 bits per heavy atom. The molecule has 12 heteroatoms. The van der Waals surface area contributed by atoms with Crippen LogP contribution in [-0.2, 0) is 0 Å². The zero-order valence-corrected chi connectivity index (χ0v) is 24.9. The van der Waals surface area contributed by atoms with Gasteiger partial charge in [0, 0.05) is 11.3 Å². The molecule has 0 spiro atoms. The fraction of sp³-hybridized carbons (Fsp3) is 0.125. The molecule has 2 N–H and O–H groups in total. The largest absolute Gasteiger partial charge is 0.493 e. The Labute approximate surface area is 258 Å². The second-order valence-corrected chi connectivity index (χ2v) is 9.33. The molecule has 0 saturated carbocycles. The smallest absolute Gasteiger partial charge is 0.343 e. The van der Waals surface area contributed by atoms with Gasteiger partial charge in [0.2, 0.25) is 5.75 Å². The molecule has 0 unspecified atom stereocenters. The summed E-state index contributed by atoms with van der Waals surface area (Å²) in [5.74, 6) is -0.239. The summed E-state index contributed by atoms with van der Waals surface area (Å²) in [6.07, 6.45) is 1.40. The second kappa shape index (κ2) is 14.6. The molecule has 0 aliphatic carbocycles. The summed E-state index contributed by atoms with van der Waals surface area (Å²) < 4.78 is 26.8. The topological polar surface area (TPSA) is 134 Å². The van der Waals surface area contributed by atoms with Gasteiger partial charge in [0.1, 0.15) is 0 Å². The van der Waals surface area contributed by atoms with Crippen LogP contribution < -0.4 is 34.4 Å². The third-order valence-electron chi connectivity index (χ3n) is 6.17. The lowest BCUT2D eigenvalue weighted by atomic mass is 10.1. The maximum Gasteiger partial charge on any atom is 0.343 e. The summed E-state index contributed by atoms with van der Waals surface area (Å²) in [6.45, 7) is 0. The van der Waals surface area contributed by atoms with E-state index in [1.54, 1.807) is 54.6 Å². The van der Waals surface area contributed by atoms with E-state index in [-0.39, 0.29) is 22.6 Å². The van der Waals surface area contributed by atoms with Crippen LogP contribution in [0.15, 0.2) is 84.0 Å². The van der Waals surface area contributed by atoms with Crippen molar-refractivity contribution in [3.63, 3.8) is 0 Å². The number of methoxy groups -OCH3 is 4. The summed E-state index contributed by atoms with van der Waals surface area (Å²) >= 11 is 6.10. The van der Waals surface area contributed by atoms with Crippen molar-refractivity contribution in [2.45, 2.75) is 0 Å². The van der Waals surface area contributed by atoms with E-state index in [0.717, 1.165) is 0 Å². The van der Waals surface area contributed by atoms with E-state index >= 15 is 0 Å². The Balaban J connectivity index is 1.41. The molecule has 0 fully saturated rings. The van der Waals surface area contributed by atoms with Crippen molar-refractivity contribution in [2.24, 2.45) is 5.10 Å². The zero-order chi connectivity index (χ0) is 31.6. The standard InChI is InChI=1S/C32H28ClN3O8/c1-40-26-14-19(12-13-25(26)44-32(39)21-16-27(41-2)29(43-4)28(17-21)42-3)18-34-36-30(37)20-8-7-9-22(15-20)35-31(38)23-10-5-6-11-24(23)33/h5-18H,1-4H3,(H,35,38)(H,36,37). The fourth-order valence-electron chi connectivity index (χ4n) is 4.02. The minimum atomic E-state index is -0.679. The molecule has 0 aliphatic rings. The molecule has 4 rings (SSSR count). The van der Waals surface area contributed by atoms with Gasteiger partial charge in [-0.2, -0.15) is 5.10 Å². The number of nitrogens with one attached hydrogen (secondary N) is 2. The molecule has 0 atom stereocenters. The lowest BCUT2D eigenvalue weighted by molar-refractivity contribution is 0.0728. The van der Waals surface area contributed by atoms with Gasteiger partial charge in [-0.1, -0.05) is 29.8 Å². The first-order valence-corrected chi connectivity index (χ1v) is 13.3. The SMILES string of the molecule is COc1cc(C=NNC(=O)c2cccc(NC(=O)c3ccccc3Cl)c2)ccc1OC(=O)c1cc(OC)c(OC)c(OC)c1. The average Bonchev–Trinajstić information content (AvgIpc) is 3.04. The van der Waals surface area contributed by atoms with E-state index in [4.69, 9.17) is 35.3 Å². The Hall–Kier alpha value is -5.55. The number of amides is 2. The van der Waals surface area contributed by atoms with Gasteiger partial charge in [-0.15, -0.1) is 0 Å². The number of benzene rings is 4. The molecule has 0 heterocycles. The van der Waals surface area contributed by atoms with Crippen molar-refractivity contribution < 1.29 is 38.1 Å². The van der Waals surface area contributed by atoms with Gasteiger partial charge in [0.15, 0.2) is 23.0 Å². The second-order valence-electron chi connectivity index (χ2n) is 8.93. The van der Waals surface area contributed by atoms with Gasteiger partial charge < -0.3 is 29.0 Å². The molecule has 0 saturated heterocycles. The number of nitrogens with zero attached hydrogens (tertiary/aromatic N) is 1. The third kappa shape index (κ3) is 7.44. The first-order valence-electron chi connectivity index (χ1n) is 13.0. The highest BCUT2D eigenvalue weighted by atomic mass is 35.5. The van der Waals surface area contributed by atoms with Crippen molar-refractivity contribution in [3.8, 4) is 28.7 Å². The normalized spacial score (nSPS) is 10.6. The summed E-state index contributed by atoms with van der Waals surface area (Å²) in [5, 5.41) is 7.04. The number of rotatable bonds is 11. The van der Waals surface area contributed by atoms with E-state index in [1.165, 1.54) is 58.9 Å². The molecule has 44 heavy (non-hydrogen) atoms.